The smallest absolute Gasteiger partial charge is 0.254 e. The maximum Gasteiger partial charge on any atom is 0.254 e. The van der Waals surface area contributed by atoms with Crippen molar-refractivity contribution in [1.82, 2.24) is 5.32 Å². The van der Waals surface area contributed by atoms with Crippen molar-refractivity contribution in [1.29, 1.82) is 0 Å². The number of piperidine rings is 1. The minimum absolute atomic E-state index is 0.119. The zero-order chi connectivity index (χ0) is 24.8. The van der Waals surface area contributed by atoms with Crippen LogP contribution in [0.3, 0.4) is 0 Å². The lowest BCUT2D eigenvalue weighted by Crippen LogP contribution is -2.46. The Hall–Kier alpha value is -3.78. The molecule has 0 aromatic heterocycles. The molecule has 0 radical (unpaired) electrons. The molecule has 0 saturated carbocycles. The second-order valence-electron chi connectivity index (χ2n) is 8.67. The van der Waals surface area contributed by atoms with E-state index in [0.717, 1.165) is 18.4 Å². The second kappa shape index (κ2) is 11.1. The minimum atomic E-state index is -1.02. The lowest BCUT2D eigenvalue weighted by molar-refractivity contribution is -0.118. The first-order chi connectivity index (χ1) is 16.9. The van der Waals surface area contributed by atoms with Crippen LogP contribution in [0.4, 0.5) is 20.2 Å². The van der Waals surface area contributed by atoms with Gasteiger partial charge in [-0.25, -0.2) is 8.78 Å². The van der Waals surface area contributed by atoms with E-state index in [9.17, 15) is 18.4 Å². The fraction of sp³-hybridized carbons (Fsp3) is 0.259. The zero-order valence-corrected chi connectivity index (χ0v) is 19.2. The Morgan fingerprint density at radius 2 is 1.66 bits per heavy atom. The Labute approximate surface area is 203 Å². The number of anilines is 2. The summed E-state index contributed by atoms with van der Waals surface area (Å²) in [5.74, 6) is -2.41. The molecule has 0 aliphatic carbocycles. The van der Waals surface area contributed by atoms with Gasteiger partial charge in [0.1, 0.15) is 17.7 Å². The molecule has 1 aliphatic rings. The van der Waals surface area contributed by atoms with Gasteiger partial charge in [0.05, 0.1) is 16.9 Å². The normalized spacial score (nSPS) is 14.9. The van der Waals surface area contributed by atoms with Crippen molar-refractivity contribution in [2.75, 3.05) is 23.3 Å². The Bertz CT molecular complexity index is 1180. The van der Waals surface area contributed by atoms with Gasteiger partial charge in [0, 0.05) is 25.6 Å². The molecule has 4 N–H and O–H groups in total. The highest BCUT2D eigenvalue weighted by Crippen LogP contribution is 2.29. The van der Waals surface area contributed by atoms with E-state index in [1.807, 2.05) is 30.3 Å². The van der Waals surface area contributed by atoms with E-state index in [2.05, 4.69) is 15.5 Å². The number of nitrogens with zero attached hydrogens (tertiary/aromatic N) is 1. The lowest BCUT2D eigenvalue weighted by Gasteiger charge is -2.33. The van der Waals surface area contributed by atoms with Gasteiger partial charge < -0.3 is 21.3 Å². The van der Waals surface area contributed by atoms with E-state index < -0.39 is 29.5 Å². The first kappa shape index (κ1) is 24.3. The van der Waals surface area contributed by atoms with Crippen molar-refractivity contribution >= 4 is 23.2 Å². The van der Waals surface area contributed by atoms with Crippen LogP contribution in [0.2, 0.25) is 0 Å². The molecule has 1 aliphatic heterocycles. The first-order valence-electron chi connectivity index (χ1n) is 11.6. The summed E-state index contributed by atoms with van der Waals surface area (Å²) in [7, 11) is 0. The third kappa shape index (κ3) is 6.22. The van der Waals surface area contributed by atoms with Crippen molar-refractivity contribution in [3.05, 3.63) is 95.6 Å². The van der Waals surface area contributed by atoms with Gasteiger partial charge in [-0.1, -0.05) is 42.5 Å². The summed E-state index contributed by atoms with van der Waals surface area (Å²) in [5.41, 5.74) is 7.66. The van der Waals surface area contributed by atoms with Crippen LogP contribution in [0.1, 0.15) is 28.8 Å². The standard InChI is InChI=1S/C27H28F2N4O2/c28-19-10-11-25(33-14-12-20(30)13-15-33)23(17-19)31-27(35)24(16-18-6-2-1-3-7-18)32-26(34)21-8-4-5-9-22(21)29/h1-11,17,20,24H,12-16,30H2,(H,31,35)(H,32,34). The number of carbonyl (C=O) groups is 2. The molecule has 8 heteroatoms. The molecule has 0 bridgehead atoms. The Kier molecular flexibility index (Phi) is 7.72. The van der Waals surface area contributed by atoms with Crippen molar-refractivity contribution < 1.29 is 18.4 Å². The molecule has 1 unspecified atom stereocenters. The highest BCUT2D eigenvalue weighted by molar-refractivity contribution is 6.02. The van der Waals surface area contributed by atoms with Gasteiger partial charge in [0.2, 0.25) is 5.91 Å². The molecule has 1 fully saturated rings. The molecule has 3 aromatic rings. The second-order valence-corrected chi connectivity index (χ2v) is 8.67. The quantitative estimate of drug-likeness (QED) is 0.481. The summed E-state index contributed by atoms with van der Waals surface area (Å²) >= 11 is 0. The van der Waals surface area contributed by atoms with Gasteiger partial charge in [-0.05, 0) is 48.7 Å². The van der Waals surface area contributed by atoms with Crippen LogP contribution in [0.25, 0.3) is 0 Å². The highest BCUT2D eigenvalue weighted by Gasteiger charge is 2.26. The number of nitrogens with one attached hydrogen (secondary N) is 2. The van der Waals surface area contributed by atoms with Crippen LogP contribution in [-0.4, -0.2) is 37.0 Å². The number of halogens is 2. The molecule has 3 aromatic carbocycles. The number of hydrogen-bond acceptors (Lipinski definition) is 4. The Morgan fingerprint density at radius 1 is 0.971 bits per heavy atom. The summed E-state index contributed by atoms with van der Waals surface area (Å²) in [6.07, 6.45) is 1.76. The number of nitrogens with two attached hydrogens (primary N) is 1. The first-order valence-corrected chi connectivity index (χ1v) is 11.6. The molecule has 1 heterocycles. The van der Waals surface area contributed by atoms with E-state index in [0.29, 0.717) is 24.5 Å². The van der Waals surface area contributed by atoms with Crippen LogP contribution in [0.15, 0.2) is 72.8 Å². The lowest BCUT2D eigenvalue weighted by atomic mass is 10.0. The molecule has 35 heavy (non-hydrogen) atoms. The molecule has 6 nitrogen and oxygen atoms in total. The van der Waals surface area contributed by atoms with Gasteiger partial charge in [0.15, 0.2) is 0 Å². The number of hydrogen-bond donors (Lipinski definition) is 3. The fourth-order valence-corrected chi connectivity index (χ4v) is 4.18. The minimum Gasteiger partial charge on any atom is -0.370 e. The third-order valence-electron chi connectivity index (χ3n) is 6.12. The van der Waals surface area contributed by atoms with Crippen LogP contribution >= 0.6 is 0 Å². The Morgan fingerprint density at radius 3 is 2.37 bits per heavy atom. The van der Waals surface area contributed by atoms with E-state index in [4.69, 9.17) is 5.73 Å². The summed E-state index contributed by atoms with van der Waals surface area (Å²) in [4.78, 5) is 28.3. The SMILES string of the molecule is NC1CCN(c2ccc(F)cc2NC(=O)C(Cc2ccccc2)NC(=O)c2ccccc2F)CC1. The predicted molar refractivity (Wildman–Crippen MR) is 132 cm³/mol. The van der Waals surface area contributed by atoms with Crippen molar-refractivity contribution in [2.24, 2.45) is 5.73 Å². The molecular formula is C27H28F2N4O2. The highest BCUT2D eigenvalue weighted by atomic mass is 19.1. The average Bonchev–Trinajstić information content (AvgIpc) is 2.85. The van der Waals surface area contributed by atoms with Crippen molar-refractivity contribution in [3.63, 3.8) is 0 Å². The van der Waals surface area contributed by atoms with Gasteiger partial charge in [-0.3, -0.25) is 9.59 Å². The summed E-state index contributed by atoms with van der Waals surface area (Å²) in [6, 6.07) is 18.1. The van der Waals surface area contributed by atoms with E-state index >= 15 is 0 Å². The topological polar surface area (TPSA) is 87.5 Å². The van der Waals surface area contributed by atoms with Crippen LogP contribution in [0.5, 0.6) is 0 Å². The maximum atomic E-state index is 14.2. The van der Waals surface area contributed by atoms with Crippen molar-refractivity contribution in [2.45, 2.75) is 31.3 Å². The number of amides is 2. The molecule has 1 atom stereocenters. The Balaban J connectivity index is 1.58. The number of rotatable bonds is 7. The van der Waals surface area contributed by atoms with E-state index in [1.165, 1.54) is 30.3 Å². The predicted octanol–water partition coefficient (Wildman–Crippen LogP) is 3.87. The maximum absolute atomic E-state index is 14.2. The number of carbonyl (C=O) groups excluding carboxylic acids is 2. The molecular weight excluding hydrogens is 450 g/mol. The molecule has 4 rings (SSSR count). The van der Waals surface area contributed by atoms with Crippen molar-refractivity contribution in [3.8, 4) is 0 Å². The summed E-state index contributed by atoms with van der Waals surface area (Å²) in [6.45, 7) is 1.38. The largest absolute Gasteiger partial charge is 0.370 e. The van der Waals surface area contributed by atoms with E-state index in [-0.39, 0.29) is 18.0 Å². The summed E-state index contributed by atoms with van der Waals surface area (Å²) < 4.78 is 28.3. The zero-order valence-electron chi connectivity index (χ0n) is 19.2. The fourth-order valence-electron chi connectivity index (χ4n) is 4.18. The van der Waals surface area contributed by atoms with Gasteiger partial charge in [-0.15, -0.1) is 0 Å². The van der Waals surface area contributed by atoms with Gasteiger partial charge >= 0.3 is 0 Å². The number of benzene rings is 3. The van der Waals surface area contributed by atoms with Crippen LogP contribution < -0.4 is 21.3 Å². The monoisotopic (exact) mass is 478 g/mol. The van der Waals surface area contributed by atoms with E-state index in [1.54, 1.807) is 12.1 Å². The third-order valence-corrected chi connectivity index (χ3v) is 6.12. The molecule has 182 valence electrons. The van der Waals surface area contributed by atoms with Gasteiger partial charge in [0.25, 0.3) is 5.91 Å². The van der Waals surface area contributed by atoms with Gasteiger partial charge in [-0.2, -0.15) is 0 Å². The molecule has 2 amide bonds. The average molecular weight is 479 g/mol. The van der Waals surface area contributed by atoms with Crippen LogP contribution in [0, 0.1) is 11.6 Å². The molecule has 0 spiro atoms. The summed E-state index contributed by atoms with van der Waals surface area (Å²) in [5, 5.41) is 5.44. The molecule has 1 saturated heterocycles. The van der Waals surface area contributed by atoms with Crippen LogP contribution in [-0.2, 0) is 11.2 Å².